The molecule has 0 aromatic heterocycles. The Morgan fingerprint density at radius 3 is 2.50 bits per heavy atom. The van der Waals surface area contributed by atoms with E-state index in [2.05, 4.69) is 29.2 Å². The van der Waals surface area contributed by atoms with Crippen molar-refractivity contribution in [1.82, 2.24) is 9.80 Å². The van der Waals surface area contributed by atoms with Crippen molar-refractivity contribution in [1.29, 1.82) is 0 Å². The van der Waals surface area contributed by atoms with Crippen LogP contribution in [0.3, 0.4) is 0 Å². The zero-order valence-corrected chi connectivity index (χ0v) is 17.0. The molecule has 0 aliphatic carbocycles. The largest absolute Gasteiger partial charge is 0.468 e. The van der Waals surface area contributed by atoms with Gasteiger partial charge in [-0.1, -0.05) is 42.5 Å². The van der Waals surface area contributed by atoms with Gasteiger partial charge in [0.2, 0.25) is 0 Å². The molecule has 6 heteroatoms. The molecule has 1 aliphatic heterocycles. The van der Waals surface area contributed by atoms with E-state index in [4.69, 9.17) is 9.47 Å². The highest BCUT2D eigenvalue weighted by Crippen LogP contribution is 2.23. The predicted octanol–water partition coefficient (Wildman–Crippen LogP) is 3.43. The maximum atomic E-state index is 12.4. The topological polar surface area (TPSA) is 59.1 Å². The van der Waals surface area contributed by atoms with Gasteiger partial charge in [0.15, 0.2) is 0 Å². The average molecular weight is 384 g/mol. The lowest BCUT2D eigenvalue weighted by atomic mass is 10.0. The van der Waals surface area contributed by atoms with E-state index in [0.717, 1.165) is 5.56 Å². The average Bonchev–Trinajstić information content (AvgIpc) is 2.66. The molecule has 1 aliphatic rings. The Morgan fingerprint density at radius 2 is 1.79 bits per heavy atom. The number of benzene rings is 2. The van der Waals surface area contributed by atoms with Crippen LogP contribution in [0.15, 0.2) is 42.5 Å². The van der Waals surface area contributed by atoms with Crippen molar-refractivity contribution in [2.24, 2.45) is 0 Å². The van der Waals surface area contributed by atoms with Crippen LogP contribution in [0.4, 0.5) is 4.79 Å². The van der Waals surface area contributed by atoms with E-state index in [1.165, 1.54) is 17.9 Å². The molecule has 28 heavy (non-hydrogen) atoms. The molecule has 1 atom stereocenters. The molecule has 6 nitrogen and oxygen atoms in total. The standard InChI is InChI=1S/C22H28N2O4/c1-22(2,3)28-21(26)24-13-12-23(19(15-24)20(25)27-4)14-17-10-7-9-16-8-5-6-11-18(16)17/h5-11,19H,12-15H2,1-4H3. The lowest BCUT2D eigenvalue weighted by molar-refractivity contribution is -0.149. The molecular weight excluding hydrogens is 356 g/mol. The SMILES string of the molecule is COC(=O)C1CN(C(=O)OC(C)(C)C)CCN1Cc1cccc2ccccc12. The summed E-state index contributed by atoms with van der Waals surface area (Å²) >= 11 is 0. The maximum Gasteiger partial charge on any atom is 0.410 e. The number of rotatable bonds is 3. The van der Waals surface area contributed by atoms with Gasteiger partial charge in [-0.25, -0.2) is 4.79 Å². The smallest absolute Gasteiger partial charge is 0.410 e. The van der Waals surface area contributed by atoms with E-state index in [0.29, 0.717) is 19.6 Å². The first-order chi connectivity index (χ1) is 13.3. The van der Waals surface area contributed by atoms with Gasteiger partial charge in [0.1, 0.15) is 11.6 Å². The number of hydrogen-bond donors (Lipinski definition) is 0. The number of piperazine rings is 1. The number of carbonyl (C=O) groups is 2. The van der Waals surface area contributed by atoms with E-state index >= 15 is 0 Å². The number of carbonyl (C=O) groups excluding carboxylic acids is 2. The minimum Gasteiger partial charge on any atom is -0.468 e. The molecule has 1 heterocycles. The summed E-state index contributed by atoms with van der Waals surface area (Å²) in [5, 5.41) is 2.34. The number of esters is 1. The fourth-order valence-electron chi connectivity index (χ4n) is 3.51. The second-order valence-corrected chi connectivity index (χ2v) is 8.07. The minimum absolute atomic E-state index is 0.256. The Morgan fingerprint density at radius 1 is 1.07 bits per heavy atom. The molecule has 3 rings (SSSR count). The normalized spacial score (nSPS) is 18.1. The van der Waals surface area contributed by atoms with E-state index in [9.17, 15) is 9.59 Å². The van der Waals surface area contributed by atoms with Gasteiger partial charge < -0.3 is 14.4 Å². The summed E-state index contributed by atoms with van der Waals surface area (Å²) in [6, 6.07) is 13.9. The lowest BCUT2D eigenvalue weighted by Crippen LogP contribution is -2.58. The number of amides is 1. The highest BCUT2D eigenvalue weighted by atomic mass is 16.6. The van der Waals surface area contributed by atoms with Gasteiger partial charge in [0.25, 0.3) is 0 Å². The molecule has 0 bridgehead atoms. The Hall–Kier alpha value is -2.60. The first-order valence-corrected chi connectivity index (χ1v) is 9.55. The van der Waals surface area contributed by atoms with Crippen LogP contribution >= 0.6 is 0 Å². The van der Waals surface area contributed by atoms with Crippen molar-refractivity contribution in [3.63, 3.8) is 0 Å². The fourth-order valence-corrected chi connectivity index (χ4v) is 3.51. The summed E-state index contributed by atoms with van der Waals surface area (Å²) in [4.78, 5) is 28.6. The molecule has 1 saturated heterocycles. The fraction of sp³-hybridized carbons (Fsp3) is 0.455. The number of methoxy groups -OCH3 is 1. The van der Waals surface area contributed by atoms with E-state index in [1.54, 1.807) is 4.90 Å². The van der Waals surface area contributed by atoms with Crippen molar-refractivity contribution in [2.45, 2.75) is 39.0 Å². The third-order valence-corrected chi connectivity index (χ3v) is 4.87. The number of ether oxygens (including phenoxy) is 2. The molecule has 2 aromatic carbocycles. The van der Waals surface area contributed by atoms with Crippen LogP contribution in [0.1, 0.15) is 26.3 Å². The van der Waals surface area contributed by atoms with Crippen LogP contribution in [0, 0.1) is 0 Å². The Labute approximate surface area is 166 Å². The molecular formula is C22H28N2O4. The zero-order valence-electron chi connectivity index (χ0n) is 17.0. The molecule has 1 amide bonds. The highest BCUT2D eigenvalue weighted by molar-refractivity contribution is 5.85. The summed E-state index contributed by atoms with van der Waals surface area (Å²) in [5.41, 5.74) is 0.579. The van der Waals surface area contributed by atoms with Crippen LogP contribution < -0.4 is 0 Å². The van der Waals surface area contributed by atoms with Gasteiger partial charge in [-0.15, -0.1) is 0 Å². The van der Waals surface area contributed by atoms with Gasteiger partial charge in [-0.3, -0.25) is 9.69 Å². The monoisotopic (exact) mass is 384 g/mol. The molecule has 1 fully saturated rings. The third-order valence-electron chi connectivity index (χ3n) is 4.87. The van der Waals surface area contributed by atoms with E-state index in [-0.39, 0.29) is 12.5 Å². The maximum absolute atomic E-state index is 12.4. The van der Waals surface area contributed by atoms with Gasteiger partial charge in [-0.2, -0.15) is 0 Å². The summed E-state index contributed by atoms with van der Waals surface area (Å²) in [7, 11) is 1.38. The highest BCUT2D eigenvalue weighted by Gasteiger charge is 2.36. The second kappa shape index (κ2) is 8.19. The van der Waals surface area contributed by atoms with Crippen LogP contribution in [-0.4, -0.2) is 60.2 Å². The number of fused-ring (bicyclic) bond motifs is 1. The van der Waals surface area contributed by atoms with Gasteiger partial charge >= 0.3 is 12.1 Å². The van der Waals surface area contributed by atoms with E-state index < -0.39 is 17.7 Å². The summed E-state index contributed by atoms with van der Waals surface area (Å²) in [6.07, 6.45) is -0.397. The lowest BCUT2D eigenvalue weighted by Gasteiger charge is -2.40. The van der Waals surface area contributed by atoms with Crippen LogP contribution in [0.2, 0.25) is 0 Å². The van der Waals surface area contributed by atoms with Crippen molar-refractivity contribution < 1.29 is 19.1 Å². The first kappa shape index (κ1) is 20.1. The Kier molecular flexibility index (Phi) is 5.89. The number of hydrogen-bond acceptors (Lipinski definition) is 5. The minimum atomic E-state index is -0.571. The van der Waals surface area contributed by atoms with Crippen molar-refractivity contribution in [3.8, 4) is 0 Å². The molecule has 150 valence electrons. The van der Waals surface area contributed by atoms with Gasteiger partial charge in [0, 0.05) is 19.6 Å². The van der Waals surface area contributed by atoms with Crippen molar-refractivity contribution in [3.05, 3.63) is 48.0 Å². The molecule has 0 radical (unpaired) electrons. The molecule has 0 saturated carbocycles. The van der Waals surface area contributed by atoms with Crippen LogP contribution in [0.5, 0.6) is 0 Å². The van der Waals surface area contributed by atoms with Crippen molar-refractivity contribution >= 4 is 22.8 Å². The quantitative estimate of drug-likeness (QED) is 0.759. The summed E-state index contributed by atoms with van der Waals surface area (Å²) in [5.74, 6) is -0.339. The van der Waals surface area contributed by atoms with Gasteiger partial charge in [-0.05, 0) is 37.1 Å². The Balaban J connectivity index is 1.79. The van der Waals surface area contributed by atoms with Crippen molar-refractivity contribution in [2.75, 3.05) is 26.7 Å². The van der Waals surface area contributed by atoms with Crippen LogP contribution in [0.25, 0.3) is 10.8 Å². The first-order valence-electron chi connectivity index (χ1n) is 9.55. The third kappa shape index (κ3) is 4.62. The number of nitrogens with zero attached hydrogens (tertiary/aromatic N) is 2. The Bertz CT molecular complexity index is 854. The van der Waals surface area contributed by atoms with Gasteiger partial charge in [0.05, 0.1) is 13.7 Å². The molecule has 2 aromatic rings. The molecule has 0 spiro atoms. The predicted molar refractivity (Wildman–Crippen MR) is 108 cm³/mol. The van der Waals surface area contributed by atoms with E-state index in [1.807, 2.05) is 39.0 Å². The molecule has 1 unspecified atom stereocenters. The second-order valence-electron chi connectivity index (χ2n) is 8.07. The summed E-state index contributed by atoms with van der Waals surface area (Å²) < 4.78 is 10.5. The molecule has 0 N–H and O–H groups in total. The van der Waals surface area contributed by atoms with Crippen LogP contribution in [-0.2, 0) is 20.8 Å². The zero-order chi connectivity index (χ0) is 20.3. The summed E-state index contributed by atoms with van der Waals surface area (Å²) in [6.45, 7) is 7.45.